The van der Waals surface area contributed by atoms with Crippen LogP contribution in [0.5, 0.6) is 0 Å². The fourth-order valence-electron chi connectivity index (χ4n) is 2.97. The zero-order chi connectivity index (χ0) is 15.9. The Morgan fingerprint density at radius 1 is 1.26 bits per heavy atom. The normalized spacial score (nSPS) is 20.6. The van der Waals surface area contributed by atoms with E-state index in [-0.39, 0.29) is 18.3 Å². The predicted molar refractivity (Wildman–Crippen MR) is 92.6 cm³/mol. The van der Waals surface area contributed by atoms with Gasteiger partial charge in [0.1, 0.15) is 0 Å². The summed E-state index contributed by atoms with van der Waals surface area (Å²) in [5.74, 6) is 0.560. The minimum absolute atomic E-state index is 0. The van der Waals surface area contributed by atoms with Gasteiger partial charge < -0.3 is 16.0 Å². The molecule has 0 spiro atoms. The Bertz CT molecular complexity index is 512. The third-order valence-corrected chi connectivity index (χ3v) is 4.18. The van der Waals surface area contributed by atoms with Crippen molar-refractivity contribution >= 4 is 24.3 Å². The van der Waals surface area contributed by atoms with Gasteiger partial charge in [-0.25, -0.2) is 4.79 Å². The summed E-state index contributed by atoms with van der Waals surface area (Å²) in [6.07, 6.45) is 0.312. The van der Waals surface area contributed by atoms with E-state index in [9.17, 15) is 9.59 Å². The van der Waals surface area contributed by atoms with Crippen molar-refractivity contribution in [2.24, 2.45) is 11.7 Å². The molecular weight excluding hydrogens is 316 g/mol. The first-order valence-electron chi connectivity index (χ1n) is 7.63. The van der Waals surface area contributed by atoms with E-state index in [0.29, 0.717) is 31.3 Å². The van der Waals surface area contributed by atoms with Crippen LogP contribution < -0.4 is 16.4 Å². The number of nitrogens with one attached hydrogen (secondary N) is 2. The number of hydrogen-bond acceptors (Lipinski definition) is 4. The number of likely N-dealkylation sites (tertiary alicyclic amines) is 1. The molecule has 4 N–H and O–H groups in total. The van der Waals surface area contributed by atoms with Gasteiger partial charge in [-0.15, -0.1) is 12.4 Å². The van der Waals surface area contributed by atoms with Gasteiger partial charge in [-0.3, -0.25) is 10.1 Å². The van der Waals surface area contributed by atoms with Gasteiger partial charge in [-0.05, 0) is 18.0 Å². The third kappa shape index (κ3) is 5.49. The average Bonchev–Trinajstić information content (AvgIpc) is 2.97. The fourth-order valence-corrected chi connectivity index (χ4v) is 2.97. The Hall–Kier alpha value is -1.63. The van der Waals surface area contributed by atoms with E-state index >= 15 is 0 Å². The summed E-state index contributed by atoms with van der Waals surface area (Å²) in [6, 6.07) is 9.90. The molecule has 0 saturated carbocycles. The number of carbonyl (C=O) groups excluding carboxylic acids is 2. The number of nitrogens with two attached hydrogens (primary N) is 1. The van der Waals surface area contributed by atoms with Crippen molar-refractivity contribution in [3.63, 3.8) is 0 Å². The van der Waals surface area contributed by atoms with Crippen LogP contribution in [0.15, 0.2) is 30.3 Å². The average molecular weight is 341 g/mol. The zero-order valence-corrected chi connectivity index (χ0v) is 14.1. The van der Waals surface area contributed by atoms with Crippen LogP contribution in [0.4, 0.5) is 4.79 Å². The van der Waals surface area contributed by atoms with Crippen LogP contribution >= 0.6 is 12.4 Å². The van der Waals surface area contributed by atoms with Gasteiger partial charge in [0.2, 0.25) is 5.91 Å². The molecule has 0 bridgehead atoms. The quantitative estimate of drug-likeness (QED) is 0.744. The highest BCUT2D eigenvalue weighted by molar-refractivity contribution is 5.94. The lowest BCUT2D eigenvalue weighted by Crippen LogP contribution is -2.39. The first-order valence-corrected chi connectivity index (χ1v) is 7.63. The minimum atomic E-state index is -0.464. The second-order valence-corrected chi connectivity index (χ2v) is 5.65. The van der Waals surface area contributed by atoms with Crippen LogP contribution in [0.25, 0.3) is 0 Å². The van der Waals surface area contributed by atoms with Gasteiger partial charge in [-0.2, -0.15) is 0 Å². The van der Waals surface area contributed by atoms with Crippen LogP contribution in [0.3, 0.4) is 0 Å². The van der Waals surface area contributed by atoms with E-state index in [1.807, 2.05) is 18.2 Å². The molecule has 6 nitrogen and oxygen atoms in total. The van der Waals surface area contributed by atoms with Gasteiger partial charge in [0, 0.05) is 39.0 Å². The van der Waals surface area contributed by atoms with Crippen molar-refractivity contribution in [1.29, 1.82) is 0 Å². The Labute approximate surface area is 143 Å². The molecule has 3 amide bonds. The molecule has 1 saturated heterocycles. The second kappa shape index (κ2) is 9.50. The lowest BCUT2D eigenvalue weighted by molar-refractivity contribution is -0.120. The number of carbonyl (C=O) groups is 2. The monoisotopic (exact) mass is 340 g/mol. The van der Waals surface area contributed by atoms with Gasteiger partial charge in [0.15, 0.2) is 0 Å². The van der Waals surface area contributed by atoms with E-state index in [2.05, 4.69) is 27.7 Å². The summed E-state index contributed by atoms with van der Waals surface area (Å²) in [4.78, 5) is 25.0. The first-order chi connectivity index (χ1) is 10.6. The zero-order valence-electron chi connectivity index (χ0n) is 13.3. The lowest BCUT2D eigenvalue weighted by Gasteiger charge is -2.16. The van der Waals surface area contributed by atoms with E-state index in [1.165, 1.54) is 12.6 Å². The molecule has 1 aromatic carbocycles. The Morgan fingerprint density at radius 2 is 1.96 bits per heavy atom. The van der Waals surface area contributed by atoms with E-state index in [4.69, 9.17) is 5.73 Å². The molecule has 23 heavy (non-hydrogen) atoms. The molecular formula is C16H25ClN4O2. The second-order valence-electron chi connectivity index (χ2n) is 5.65. The lowest BCUT2D eigenvalue weighted by atomic mass is 9.89. The van der Waals surface area contributed by atoms with E-state index in [1.54, 1.807) is 0 Å². The molecule has 0 unspecified atom stereocenters. The summed E-state index contributed by atoms with van der Waals surface area (Å²) >= 11 is 0. The molecule has 2 atom stereocenters. The van der Waals surface area contributed by atoms with Crippen molar-refractivity contribution in [2.75, 3.05) is 33.2 Å². The Balaban J connectivity index is 0.00000264. The van der Waals surface area contributed by atoms with Crippen molar-refractivity contribution < 1.29 is 9.59 Å². The summed E-state index contributed by atoms with van der Waals surface area (Å²) in [6.45, 7) is 3.08. The first kappa shape index (κ1) is 19.4. The van der Waals surface area contributed by atoms with Crippen molar-refractivity contribution in [2.45, 2.75) is 12.3 Å². The molecule has 1 aliphatic rings. The van der Waals surface area contributed by atoms with Crippen LogP contribution in [0, 0.1) is 5.92 Å². The molecule has 7 heteroatoms. The highest BCUT2D eigenvalue weighted by Gasteiger charge is 2.32. The number of urea groups is 1. The maximum Gasteiger partial charge on any atom is 0.321 e. The molecule has 1 heterocycles. The number of amides is 3. The fraction of sp³-hybridized carbons (Fsp3) is 0.500. The van der Waals surface area contributed by atoms with Gasteiger partial charge in [0.25, 0.3) is 0 Å². The topological polar surface area (TPSA) is 87.5 Å². The number of imide groups is 1. The number of nitrogens with zero attached hydrogens (tertiary/aromatic N) is 1. The molecule has 128 valence electrons. The highest BCUT2D eigenvalue weighted by atomic mass is 35.5. The molecule has 1 aromatic rings. The van der Waals surface area contributed by atoms with Gasteiger partial charge >= 0.3 is 6.03 Å². The largest absolute Gasteiger partial charge is 0.341 e. The number of hydrogen-bond donors (Lipinski definition) is 3. The SMILES string of the molecule is CNC(=O)NC(=O)CCN1C[C@@H](CN)[C@H](c2ccccc2)C1.Cl. The van der Waals surface area contributed by atoms with Crippen LogP contribution in [-0.4, -0.2) is 50.1 Å². The van der Waals surface area contributed by atoms with Crippen LogP contribution in [0.1, 0.15) is 17.9 Å². The van der Waals surface area contributed by atoms with Crippen molar-refractivity contribution in [3.05, 3.63) is 35.9 Å². The minimum Gasteiger partial charge on any atom is -0.341 e. The standard InChI is InChI=1S/C16H24N4O2.ClH/c1-18-16(22)19-15(21)7-8-20-10-13(9-17)14(11-20)12-5-3-2-4-6-12;/h2-6,13-14H,7-11,17H2,1H3,(H2,18,19,21,22);1H/t13-,14+;/m1./s1. The van der Waals surface area contributed by atoms with Crippen molar-refractivity contribution in [3.8, 4) is 0 Å². The number of halogens is 1. The smallest absolute Gasteiger partial charge is 0.321 e. The molecule has 0 aromatic heterocycles. The summed E-state index contributed by atoms with van der Waals surface area (Å²) < 4.78 is 0. The molecule has 2 rings (SSSR count). The molecule has 0 aliphatic carbocycles. The van der Waals surface area contributed by atoms with Crippen LogP contribution in [-0.2, 0) is 4.79 Å². The molecule has 0 radical (unpaired) electrons. The number of rotatable bonds is 5. The summed E-state index contributed by atoms with van der Waals surface area (Å²) in [7, 11) is 1.49. The maximum absolute atomic E-state index is 11.6. The van der Waals surface area contributed by atoms with Gasteiger partial charge in [0.05, 0.1) is 0 Å². The predicted octanol–water partition coefficient (Wildman–Crippen LogP) is 0.928. The van der Waals surface area contributed by atoms with Crippen LogP contribution in [0.2, 0.25) is 0 Å². The number of benzene rings is 1. The van der Waals surface area contributed by atoms with E-state index in [0.717, 1.165) is 13.1 Å². The molecule has 1 fully saturated rings. The Morgan fingerprint density at radius 3 is 2.57 bits per heavy atom. The van der Waals surface area contributed by atoms with Crippen molar-refractivity contribution in [1.82, 2.24) is 15.5 Å². The Kier molecular flexibility index (Phi) is 8.02. The van der Waals surface area contributed by atoms with E-state index < -0.39 is 6.03 Å². The summed E-state index contributed by atoms with van der Waals surface area (Å²) in [5, 5.41) is 4.65. The maximum atomic E-state index is 11.6. The molecule has 1 aliphatic heterocycles. The van der Waals surface area contributed by atoms with Gasteiger partial charge in [-0.1, -0.05) is 30.3 Å². The highest BCUT2D eigenvalue weighted by Crippen LogP contribution is 2.31. The summed E-state index contributed by atoms with van der Waals surface area (Å²) in [5.41, 5.74) is 7.21. The third-order valence-electron chi connectivity index (χ3n) is 4.18.